The first-order chi connectivity index (χ1) is 8.22. The van der Waals surface area contributed by atoms with Gasteiger partial charge in [-0.25, -0.2) is 0 Å². The van der Waals surface area contributed by atoms with Gasteiger partial charge in [0.15, 0.2) is 0 Å². The summed E-state index contributed by atoms with van der Waals surface area (Å²) in [7, 11) is 0. The van der Waals surface area contributed by atoms with Crippen molar-refractivity contribution in [3.8, 4) is 0 Å². The summed E-state index contributed by atoms with van der Waals surface area (Å²) in [5.74, 6) is 0.0705. The lowest BCUT2D eigenvalue weighted by atomic mass is 9.92. The molecule has 1 atom stereocenters. The minimum absolute atomic E-state index is 0.272. The number of carbonyl (C=O) groups is 1. The standard InChI is InChI=1S/C13H17NO2S/c1-17-7-6-14-9-11(13(15)16)8-10-4-2-3-5-12(10)14/h2-5,11H,6-9H2,1H3,(H,15,16). The number of thioether (sulfide) groups is 1. The van der Waals surface area contributed by atoms with Crippen LogP contribution in [-0.4, -0.2) is 36.2 Å². The second kappa shape index (κ2) is 5.45. The summed E-state index contributed by atoms with van der Waals surface area (Å²) < 4.78 is 0. The maximum absolute atomic E-state index is 11.2. The number of aliphatic carboxylic acids is 1. The van der Waals surface area contributed by atoms with Gasteiger partial charge in [-0.05, 0) is 24.3 Å². The predicted octanol–water partition coefficient (Wildman–Crippen LogP) is 2.11. The molecule has 1 unspecified atom stereocenters. The molecule has 0 spiro atoms. The molecular formula is C13H17NO2S. The highest BCUT2D eigenvalue weighted by molar-refractivity contribution is 7.98. The Kier molecular flexibility index (Phi) is 3.94. The van der Waals surface area contributed by atoms with E-state index < -0.39 is 5.97 Å². The van der Waals surface area contributed by atoms with Crippen molar-refractivity contribution >= 4 is 23.4 Å². The summed E-state index contributed by atoms with van der Waals surface area (Å²) in [5, 5.41) is 9.18. The van der Waals surface area contributed by atoms with E-state index in [0.717, 1.165) is 17.9 Å². The maximum Gasteiger partial charge on any atom is 0.308 e. The Balaban J connectivity index is 2.22. The molecule has 0 amide bonds. The molecule has 1 aliphatic rings. The summed E-state index contributed by atoms with van der Waals surface area (Å²) in [6.45, 7) is 1.55. The van der Waals surface area contributed by atoms with Crippen LogP contribution in [0.4, 0.5) is 5.69 Å². The van der Waals surface area contributed by atoms with Gasteiger partial charge in [0, 0.05) is 24.5 Å². The molecule has 1 N–H and O–H groups in total. The van der Waals surface area contributed by atoms with Crippen molar-refractivity contribution < 1.29 is 9.90 Å². The highest BCUT2D eigenvalue weighted by Crippen LogP contribution is 2.29. The van der Waals surface area contributed by atoms with Crippen molar-refractivity contribution in [3.05, 3.63) is 29.8 Å². The average molecular weight is 251 g/mol. The zero-order chi connectivity index (χ0) is 12.3. The molecule has 0 bridgehead atoms. The van der Waals surface area contributed by atoms with Crippen molar-refractivity contribution in [1.29, 1.82) is 0 Å². The first-order valence-electron chi connectivity index (χ1n) is 5.77. The number of para-hydroxylation sites is 1. The predicted molar refractivity (Wildman–Crippen MR) is 71.9 cm³/mol. The molecule has 0 saturated heterocycles. The zero-order valence-electron chi connectivity index (χ0n) is 9.93. The highest BCUT2D eigenvalue weighted by Gasteiger charge is 2.28. The molecule has 1 aliphatic heterocycles. The van der Waals surface area contributed by atoms with E-state index in [9.17, 15) is 9.90 Å². The lowest BCUT2D eigenvalue weighted by molar-refractivity contribution is -0.141. The van der Waals surface area contributed by atoms with Crippen molar-refractivity contribution in [1.82, 2.24) is 0 Å². The Morgan fingerprint density at radius 2 is 2.29 bits per heavy atom. The molecule has 0 aromatic heterocycles. The smallest absolute Gasteiger partial charge is 0.308 e. The fraction of sp³-hybridized carbons (Fsp3) is 0.462. The average Bonchev–Trinajstić information content (AvgIpc) is 2.35. The third kappa shape index (κ3) is 2.75. The van der Waals surface area contributed by atoms with Crippen LogP contribution in [0.5, 0.6) is 0 Å². The first kappa shape index (κ1) is 12.3. The molecule has 1 aromatic carbocycles. The van der Waals surface area contributed by atoms with Gasteiger partial charge < -0.3 is 10.0 Å². The molecule has 1 heterocycles. The van der Waals surface area contributed by atoms with E-state index in [1.165, 1.54) is 5.69 Å². The second-order valence-corrected chi connectivity index (χ2v) is 5.29. The molecule has 92 valence electrons. The third-order valence-electron chi connectivity index (χ3n) is 3.15. The van der Waals surface area contributed by atoms with Gasteiger partial charge in [-0.3, -0.25) is 4.79 Å². The second-order valence-electron chi connectivity index (χ2n) is 4.31. The van der Waals surface area contributed by atoms with Crippen molar-refractivity contribution in [2.24, 2.45) is 5.92 Å². The van der Waals surface area contributed by atoms with E-state index in [-0.39, 0.29) is 5.92 Å². The van der Waals surface area contributed by atoms with Gasteiger partial charge in [-0.1, -0.05) is 18.2 Å². The summed E-state index contributed by atoms with van der Waals surface area (Å²) in [4.78, 5) is 13.4. The van der Waals surface area contributed by atoms with Gasteiger partial charge in [-0.15, -0.1) is 0 Å². The van der Waals surface area contributed by atoms with Crippen LogP contribution in [0.1, 0.15) is 5.56 Å². The number of hydrogen-bond donors (Lipinski definition) is 1. The van der Waals surface area contributed by atoms with Gasteiger partial charge in [0.05, 0.1) is 5.92 Å². The fourth-order valence-electron chi connectivity index (χ4n) is 2.26. The zero-order valence-corrected chi connectivity index (χ0v) is 10.7. The largest absolute Gasteiger partial charge is 0.481 e. The Hall–Kier alpha value is -1.16. The van der Waals surface area contributed by atoms with Crippen molar-refractivity contribution in [2.45, 2.75) is 6.42 Å². The quantitative estimate of drug-likeness (QED) is 0.890. The molecular weight excluding hydrogens is 234 g/mol. The first-order valence-corrected chi connectivity index (χ1v) is 7.16. The Bertz CT molecular complexity index is 408. The number of hydrogen-bond acceptors (Lipinski definition) is 3. The Morgan fingerprint density at radius 3 is 3.00 bits per heavy atom. The topological polar surface area (TPSA) is 40.5 Å². The lowest BCUT2D eigenvalue weighted by Gasteiger charge is -2.34. The van der Waals surface area contributed by atoms with E-state index in [0.29, 0.717) is 13.0 Å². The normalized spacial score (nSPS) is 18.9. The number of benzene rings is 1. The van der Waals surface area contributed by atoms with Crippen molar-refractivity contribution in [3.63, 3.8) is 0 Å². The number of anilines is 1. The van der Waals surface area contributed by atoms with Gasteiger partial charge >= 0.3 is 5.97 Å². The van der Waals surface area contributed by atoms with Crippen LogP contribution in [0.25, 0.3) is 0 Å². The van der Waals surface area contributed by atoms with E-state index in [4.69, 9.17) is 0 Å². The SMILES string of the molecule is CSCCN1CC(C(=O)O)Cc2ccccc21. The van der Waals surface area contributed by atoms with Crippen LogP contribution < -0.4 is 4.90 Å². The molecule has 0 radical (unpaired) electrons. The maximum atomic E-state index is 11.2. The number of fused-ring (bicyclic) bond motifs is 1. The molecule has 0 saturated carbocycles. The van der Waals surface area contributed by atoms with Crippen LogP contribution in [0, 0.1) is 5.92 Å². The number of carboxylic acid groups (broad SMARTS) is 1. The Labute approximate surface area is 106 Å². The van der Waals surface area contributed by atoms with Crippen molar-refractivity contribution in [2.75, 3.05) is 30.0 Å². The molecule has 1 aromatic rings. The summed E-state index contributed by atoms with van der Waals surface area (Å²) in [6.07, 6.45) is 2.73. The van der Waals surface area contributed by atoms with E-state index >= 15 is 0 Å². The summed E-state index contributed by atoms with van der Waals surface area (Å²) >= 11 is 1.79. The van der Waals surface area contributed by atoms with Gasteiger partial charge in [0.1, 0.15) is 0 Å². The van der Waals surface area contributed by atoms with Crippen LogP contribution in [0.2, 0.25) is 0 Å². The molecule has 0 aliphatic carbocycles. The third-order valence-corrected chi connectivity index (χ3v) is 3.74. The molecule has 3 nitrogen and oxygen atoms in total. The van der Waals surface area contributed by atoms with Crippen LogP contribution in [0.3, 0.4) is 0 Å². The molecule has 2 rings (SSSR count). The minimum Gasteiger partial charge on any atom is -0.481 e. The highest BCUT2D eigenvalue weighted by atomic mass is 32.2. The number of rotatable bonds is 4. The Morgan fingerprint density at radius 1 is 1.53 bits per heavy atom. The summed E-state index contributed by atoms with van der Waals surface area (Å²) in [6, 6.07) is 8.13. The number of carboxylic acids is 1. The number of nitrogens with zero attached hydrogens (tertiary/aromatic N) is 1. The van der Waals surface area contributed by atoms with E-state index in [1.807, 2.05) is 18.2 Å². The van der Waals surface area contributed by atoms with E-state index in [2.05, 4.69) is 17.2 Å². The van der Waals surface area contributed by atoms with Crippen LogP contribution in [0.15, 0.2) is 24.3 Å². The summed E-state index contributed by atoms with van der Waals surface area (Å²) in [5.41, 5.74) is 2.37. The van der Waals surface area contributed by atoms with E-state index in [1.54, 1.807) is 11.8 Å². The minimum atomic E-state index is -0.686. The molecule has 17 heavy (non-hydrogen) atoms. The molecule has 0 fully saturated rings. The fourth-order valence-corrected chi connectivity index (χ4v) is 2.67. The molecule has 4 heteroatoms. The van der Waals surface area contributed by atoms with Gasteiger partial charge in [0.2, 0.25) is 0 Å². The monoisotopic (exact) mass is 251 g/mol. The van der Waals surface area contributed by atoms with Gasteiger partial charge in [-0.2, -0.15) is 11.8 Å². The van der Waals surface area contributed by atoms with Crippen LogP contribution >= 0.6 is 11.8 Å². The van der Waals surface area contributed by atoms with Gasteiger partial charge in [0.25, 0.3) is 0 Å². The lowest BCUT2D eigenvalue weighted by Crippen LogP contribution is -2.40. The van der Waals surface area contributed by atoms with Crippen LogP contribution in [-0.2, 0) is 11.2 Å².